The van der Waals surface area contributed by atoms with Crippen LogP contribution < -0.4 is 16.2 Å². The van der Waals surface area contributed by atoms with Crippen molar-refractivity contribution in [3.05, 3.63) is 76.7 Å². The molecule has 3 aromatic carbocycles. The van der Waals surface area contributed by atoms with Gasteiger partial charge in [0.15, 0.2) is 0 Å². The number of nitrogens with two attached hydrogens (primary N) is 1. The fourth-order valence-corrected chi connectivity index (χ4v) is 5.34. The number of hydrogen-bond acceptors (Lipinski definition) is 5. The number of benzene rings is 3. The van der Waals surface area contributed by atoms with Crippen LogP contribution in [0.1, 0.15) is 25.3 Å². The second kappa shape index (κ2) is 8.25. The minimum Gasteiger partial charge on any atom is -0.341 e. The van der Waals surface area contributed by atoms with Crippen LogP contribution in [-0.4, -0.2) is 38.5 Å². The molecule has 1 unspecified atom stereocenters. The summed E-state index contributed by atoms with van der Waals surface area (Å²) in [5.41, 5.74) is 8.43. The van der Waals surface area contributed by atoms with Gasteiger partial charge < -0.3 is 15.2 Å². The molecule has 3 heterocycles. The predicted molar refractivity (Wildman–Crippen MR) is 137 cm³/mol. The highest BCUT2D eigenvalue weighted by atomic mass is 16.1. The van der Waals surface area contributed by atoms with Crippen molar-refractivity contribution >= 4 is 38.5 Å². The van der Waals surface area contributed by atoms with Crippen molar-refractivity contribution in [2.75, 3.05) is 18.0 Å². The van der Waals surface area contributed by atoms with Crippen LogP contribution in [0.2, 0.25) is 0 Å². The van der Waals surface area contributed by atoms with Crippen molar-refractivity contribution in [3.63, 3.8) is 0 Å². The number of aryl methyl sites for hydroxylation is 1. The summed E-state index contributed by atoms with van der Waals surface area (Å²) >= 11 is 0. The Morgan fingerprint density at radius 2 is 1.82 bits per heavy atom. The topological polar surface area (TPSA) is 82.0 Å². The molecule has 34 heavy (non-hydrogen) atoms. The molecule has 0 amide bonds. The summed E-state index contributed by atoms with van der Waals surface area (Å²) in [7, 11) is 0. The minimum atomic E-state index is -0.114. The normalized spacial score (nSPS) is 16.6. The Balaban J connectivity index is 1.48. The lowest BCUT2D eigenvalue weighted by Gasteiger charge is -2.31. The van der Waals surface area contributed by atoms with E-state index in [1.54, 1.807) is 10.9 Å². The zero-order valence-electron chi connectivity index (χ0n) is 19.3. The monoisotopic (exact) mass is 452 g/mol. The second-order valence-corrected chi connectivity index (χ2v) is 9.15. The molecule has 2 aromatic heterocycles. The molecule has 7 nitrogen and oxygen atoms in total. The van der Waals surface area contributed by atoms with Gasteiger partial charge in [0.25, 0.3) is 5.56 Å². The van der Waals surface area contributed by atoms with Crippen molar-refractivity contribution in [3.8, 4) is 0 Å². The van der Waals surface area contributed by atoms with E-state index in [-0.39, 0.29) is 11.6 Å². The zero-order chi connectivity index (χ0) is 23.2. The number of fused-ring (bicyclic) bond motifs is 4. The van der Waals surface area contributed by atoms with Crippen LogP contribution in [0.15, 0.2) is 65.6 Å². The fraction of sp³-hybridized carbons (Fsp3) is 0.296. The van der Waals surface area contributed by atoms with Crippen LogP contribution in [0.3, 0.4) is 0 Å². The summed E-state index contributed by atoms with van der Waals surface area (Å²) in [6.45, 7) is 4.78. The SMILES string of the molecule is CCn1c(N2CCCC(N)C2)nc2cnn(Cc3cc4ccccc4c4ccccc34)c(=O)c21. The molecule has 172 valence electrons. The van der Waals surface area contributed by atoms with E-state index in [0.29, 0.717) is 24.1 Å². The molecule has 5 aromatic rings. The third kappa shape index (κ3) is 3.35. The highest BCUT2D eigenvalue weighted by molar-refractivity contribution is 6.08. The molecule has 1 saturated heterocycles. The van der Waals surface area contributed by atoms with E-state index < -0.39 is 0 Å². The Bertz CT molecular complexity index is 1580. The lowest BCUT2D eigenvalue weighted by atomic mass is 9.97. The average Bonchev–Trinajstić information content (AvgIpc) is 3.25. The molecule has 1 aliphatic rings. The lowest BCUT2D eigenvalue weighted by molar-refractivity contribution is 0.494. The third-order valence-corrected chi connectivity index (χ3v) is 6.96. The first-order valence-electron chi connectivity index (χ1n) is 12.0. The number of anilines is 1. The fourth-order valence-electron chi connectivity index (χ4n) is 5.34. The Kier molecular flexibility index (Phi) is 5.07. The molecule has 7 heteroatoms. The van der Waals surface area contributed by atoms with Gasteiger partial charge >= 0.3 is 0 Å². The van der Waals surface area contributed by atoms with Crippen LogP contribution in [0.5, 0.6) is 0 Å². The summed E-state index contributed by atoms with van der Waals surface area (Å²) < 4.78 is 3.59. The molecule has 0 radical (unpaired) electrons. The van der Waals surface area contributed by atoms with Crippen LogP contribution >= 0.6 is 0 Å². The molecule has 1 aliphatic heterocycles. The minimum absolute atomic E-state index is 0.114. The predicted octanol–water partition coefficient (Wildman–Crippen LogP) is 3.90. The van der Waals surface area contributed by atoms with Crippen molar-refractivity contribution in [2.24, 2.45) is 5.73 Å². The van der Waals surface area contributed by atoms with E-state index in [1.165, 1.54) is 10.8 Å². The van der Waals surface area contributed by atoms with E-state index in [1.807, 2.05) is 16.7 Å². The first kappa shape index (κ1) is 20.9. The van der Waals surface area contributed by atoms with Gasteiger partial charge in [0.1, 0.15) is 11.0 Å². The van der Waals surface area contributed by atoms with Gasteiger partial charge in [-0.3, -0.25) is 4.79 Å². The largest absolute Gasteiger partial charge is 0.341 e. The molecular weight excluding hydrogens is 424 g/mol. The molecule has 0 aliphatic carbocycles. The standard InChI is InChI=1S/C27H28N6O/c1-2-32-25-24(30-27(32)31-13-7-9-20(28)17-31)15-29-33(26(25)34)16-19-14-18-8-3-4-10-21(18)23-12-6-5-11-22(19)23/h3-6,8,10-12,14-15,20H,2,7,9,13,16-17,28H2,1H3. The summed E-state index contributed by atoms with van der Waals surface area (Å²) in [6.07, 6.45) is 3.78. The highest BCUT2D eigenvalue weighted by Gasteiger charge is 2.24. The Morgan fingerprint density at radius 1 is 1.06 bits per heavy atom. The number of piperidine rings is 1. The van der Waals surface area contributed by atoms with E-state index in [0.717, 1.165) is 48.2 Å². The number of rotatable bonds is 4. The zero-order valence-corrected chi connectivity index (χ0v) is 19.3. The Hall–Kier alpha value is -3.71. The van der Waals surface area contributed by atoms with Crippen LogP contribution in [0, 0.1) is 0 Å². The van der Waals surface area contributed by atoms with Gasteiger partial charge in [-0.2, -0.15) is 5.10 Å². The van der Waals surface area contributed by atoms with Crippen molar-refractivity contribution in [1.82, 2.24) is 19.3 Å². The summed E-state index contributed by atoms with van der Waals surface area (Å²) in [6, 6.07) is 19.0. The smallest absolute Gasteiger partial charge is 0.293 e. The molecule has 2 N–H and O–H groups in total. The summed E-state index contributed by atoms with van der Waals surface area (Å²) in [4.78, 5) is 20.7. The van der Waals surface area contributed by atoms with Crippen LogP contribution in [0.4, 0.5) is 5.95 Å². The van der Waals surface area contributed by atoms with Crippen LogP contribution in [0.25, 0.3) is 32.6 Å². The first-order chi connectivity index (χ1) is 16.6. The summed E-state index contributed by atoms with van der Waals surface area (Å²) in [5.74, 6) is 0.820. The maximum absolute atomic E-state index is 13.7. The average molecular weight is 453 g/mol. The van der Waals surface area contributed by atoms with Crippen molar-refractivity contribution < 1.29 is 0 Å². The second-order valence-electron chi connectivity index (χ2n) is 9.15. The number of imidazole rings is 1. The first-order valence-corrected chi connectivity index (χ1v) is 12.0. The van der Waals surface area contributed by atoms with E-state index >= 15 is 0 Å². The maximum atomic E-state index is 13.7. The molecule has 0 spiro atoms. The van der Waals surface area contributed by atoms with Gasteiger partial charge in [-0.25, -0.2) is 9.67 Å². The van der Waals surface area contributed by atoms with E-state index in [2.05, 4.69) is 59.4 Å². The summed E-state index contributed by atoms with van der Waals surface area (Å²) in [5, 5.41) is 9.22. The molecule has 1 atom stereocenters. The maximum Gasteiger partial charge on any atom is 0.293 e. The van der Waals surface area contributed by atoms with Gasteiger partial charge in [0.2, 0.25) is 5.95 Å². The number of aromatic nitrogens is 4. The van der Waals surface area contributed by atoms with Gasteiger partial charge in [-0.15, -0.1) is 0 Å². The molecule has 1 fully saturated rings. The number of hydrogen-bond donors (Lipinski definition) is 1. The Labute approximate surface area is 197 Å². The Morgan fingerprint density at radius 3 is 2.62 bits per heavy atom. The van der Waals surface area contributed by atoms with Crippen molar-refractivity contribution in [1.29, 1.82) is 0 Å². The molecular formula is C27H28N6O. The van der Waals surface area contributed by atoms with Crippen molar-refractivity contribution in [2.45, 2.75) is 38.9 Å². The highest BCUT2D eigenvalue weighted by Crippen LogP contribution is 2.29. The van der Waals surface area contributed by atoms with Gasteiger partial charge in [-0.05, 0) is 52.9 Å². The van der Waals surface area contributed by atoms with Gasteiger partial charge in [0, 0.05) is 25.7 Å². The molecule has 6 rings (SSSR count). The van der Waals surface area contributed by atoms with E-state index in [4.69, 9.17) is 10.7 Å². The van der Waals surface area contributed by atoms with Gasteiger partial charge in [0.05, 0.1) is 12.7 Å². The molecule has 0 saturated carbocycles. The number of nitrogens with zero attached hydrogens (tertiary/aromatic N) is 5. The quantitative estimate of drug-likeness (QED) is 0.418. The molecule has 0 bridgehead atoms. The van der Waals surface area contributed by atoms with Crippen LogP contribution in [-0.2, 0) is 13.1 Å². The third-order valence-electron chi connectivity index (χ3n) is 6.96. The lowest BCUT2D eigenvalue weighted by Crippen LogP contribution is -2.44. The van der Waals surface area contributed by atoms with E-state index in [9.17, 15) is 4.79 Å². The van der Waals surface area contributed by atoms with Gasteiger partial charge in [-0.1, -0.05) is 48.5 Å².